The third-order valence-electron chi connectivity index (χ3n) is 4.07. The van der Waals surface area contributed by atoms with Crippen molar-refractivity contribution in [3.63, 3.8) is 0 Å². The number of hydrogen-bond acceptors (Lipinski definition) is 5. The maximum absolute atomic E-state index is 13.9. The Balaban J connectivity index is 1.79. The maximum atomic E-state index is 13.9. The molecule has 5 nitrogen and oxygen atoms in total. The van der Waals surface area contributed by atoms with Gasteiger partial charge in [0.15, 0.2) is 27.1 Å². The lowest BCUT2D eigenvalue weighted by atomic mass is 10.0. The van der Waals surface area contributed by atoms with Crippen LogP contribution in [0.1, 0.15) is 15.9 Å². The minimum atomic E-state index is -3.91. The first kappa shape index (κ1) is 15.8. The Labute approximate surface area is 143 Å². The second-order valence-electron chi connectivity index (χ2n) is 5.78. The molecule has 4 rings (SSSR count). The molecule has 0 N–H and O–H groups in total. The molecule has 0 aromatic heterocycles. The van der Waals surface area contributed by atoms with Gasteiger partial charge >= 0.3 is 0 Å². The van der Waals surface area contributed by atoms with E-state index in [9.17, 15) is 17.6 Å². The molecule has 0 fully saturated rings. The van der Waals surface area contributed by atoms with E-state index in [0.29, 0.717) is 30.3 Å². The Bertz CT molecular complexity index is 1020. The summed E-state index contributed by atoms with van der Waals surface area (Å²) < 4.78 is 49.6. The summed E-state index contributed by atoms with van der Waals surface area (Å²) in [6, 6.07) is 8.79. The van der Waals surface area contributed by atoms with Gasteiger partial charge in [-0.3, -0.25) is 4.79 Å². The number of hydrogen-bond donors (Lipinski definition) is 0. The van der Waals surface area contributed by atoms with Gasteiger partial charge in [-0.05, 0) is 35.9 Å². The molecule has 7 heteroatoms. The summed E-state index contributed by atoms with van der Waals surface area (Å²) in [7, 11) is -3.91. The fraction of sp³-hybridized carbons (Fsp3) is 0.167. The number of ether oxygens (including phenoxy) is 2. The molecular weight excluding hydrogens is 347 g/mol. The molecule has 0 bridgehead atoms. The van der Waals surface area contributed by atoms with Crippen LogP contribution in [0.15, 0.2) is 46.9 Å². The molecule has 2 aromatic rings. The molecular formula is C18H13FO5S. The van der Waals surface area contributed by atoms with Crippen molar-refractivity contribution in [2.75, 3.05) is 19.0 Å². The van der Waals surface area contributed by atoms with E-state index in [1.54, 1.807) is 18.2 Å². The highest BCUT2D eigenvalue weighted by molar-refractivity contribution is 7.91. The number of halogens is 1. The number of benzene rings is 2. The smallest absolute Gasteiger partial charge is 0.191 e. The summed E-state index contributed by atoms with van der Waals surface area (Å²) in [5.41, 5.74) is 0.576. The van der Waals surface area contributed by atoms with E-state index in [2.05, 4.69) is 0 Å². The zero-order valence-corrected chi connectivity index (χ0v) is 13.8. The maximum Gasteiger partial charge on any atom is 0.191 e. The van der Waals surface area contributed by atoms with Crippen molar-refractivity contribution in [1.82, 2.24) is 0 Å². The normalized spacial score (nSPS) is 19.6. The van der Waals surface area contributed by atoms with Gasteiger partial charge in [-0.2, -0.15) is 0 Å². The van der Waals surface area contributed by atoms with E-state index >= 15 is 0 Å². The lowest BCUT2D eigenvalue weighted by Gasteiger charge is -2.20. The van der Waals surface area contributed by atoms with Gasteiger partial charge in [0, 0.05) is 11.1 Å². The van der Waals surface area contributed by atoms with E-state index in [4.69, 9.17) is 9.47 Å². The molecule has 25 heavy (non-hydrogen) atoms. The van der Waals surface area contributed by atoms with Crippen LogP contribution in [0.2, 0.25) is 0 Å². The average molecular weight is 360 g/mol. The van der Waals surface area contributed by atoms with Gasteiger partial charge in [-0.1, -0.05) is 12.1 Å². The molecule has 0 saturated heterocycles. The zero-order valence-electron chi connectivity index (χ0n) is 13.0. The van der Waals surface area contributed by atoms with Crippen LogP contribution in [0.5, 0.6) is 11.5 Å². The van der Waals surface area contributed by atoms with E-state index in [1.165, 1.54) is 18.2 Å². The number of sulfone groups is 1. The SMILES string of the molecule is O=C1/C(=C\c2ccc3c(c2)OCCO3)CS(=O)(=O)c2c(F)cccc21. The molecule has 128 valence electrons. The molecule has 2 aromatic carbocycles. The summed E-state index contributed by atoms with van der Waals surface area (Å²) in [4.78, 5) is 12.1. The lowest BCUT2D eigenvalue weighted by Crippen LogP contribution is -2.25. The van der Waals surface area contributed by atoms with Crippen LogP contribution in [-0.4, -0.2) is 33.2 Å². The third kappa shape index (κ3) is 2.70. The predicted octanol–water partition coefficient (Wildman–Crippen LogP) is 2.65. The molecule has 2 aliphatic heterocycles. The molecule has 2 aliphatic rings. The van der Waals surface area contributed by atoms with Crippen LogP contribution < -0.4 is 9.47 Å². The molecule has 0 radical (unpaired) electrons. The summed E-state index contributed by atoms with van der Waals surface area (Å²) in [6.45, 7) is 0.888. The fourth-order valence-electron chi connectivity index (χ4n) is 2.98. The van der Waals surface area contributed by atoms with Crippen LogP contribution >= 0.6 is 0 Å². The second kappa shape index (κ2) is 5.70. The highest BCUT2D eigenvalue weighted by Gasteiger charge is 2.35. The van der Waals surface area contributed by atoms with Crippen LogP contribution in [-0.2, 0) is 9.84 Å². The van der Waals surface area contributed by atoms with Crippen molar-refractivity contribution in [1.29, 1.82) is 0 Å². The first-order valence-corrected chi connectivity index (χ1v) is 9.27. The van der Waals surface area contributed by atoms with Crippen LogP contribution in [0.3, 0.4) is 0 Å². The van der Waals surface area contributed by atoms with Crippen molar-refractivity contribution in [2.45, 2.75) is 4.90 Å². The highest BCUT2D eigenvalue weighted by atomic mass is 32.2. The minimum absolute atomic E-state index is 0.0924. The van der Waals surface area contributed by atoms with Crippen molar-refractivity contribution in [3.05, 3.63) is 58.9 Å². The van der Waals surface area contributed by atoms with Gasteiger partial charge in [0.2, 0.25) is 0 Å². The zero-order chi connectivity index (χ0) is 17.6. The number of ketones is 1. The molecule has 0 unspecified atom stereocenters. The van der Waals surface area contributed by atoms with Crippen molar-refractivity contribution >= 4 is 21.7 Å². The number of Topliss-reactive ketones (excluding diaryl/α,β-unsaturated/α-hetero) is 1. The van der Waals surface area contributed by atoms with Gasteiger partial charge in [-0.15, -0.1) is 0 Å². The summed E-state index contributed by atoms with van der Waals surface area (Å²) in [5.74, 6) is -0.779. The average Bonchev–Trinajstić information content (AvgIpc) is 2.59. The standard InChI is InChI=1S/C18H13FO5S/c19-14-3-1-2-13-17(20)12(10-25(21,22)18(13)14)8-11-4-5-15-16(9-11)24-7-6-23-15/h1-5,8-9H,6-7,10H2/b12-8-. The third-order valence-corrected chi connectivity index (χ3v) is 5.79. The van der Waals surface area contributed by atoms with Gasteiger partial charge in [0.05, 0.1) is 5.75 Å². The second-order valence-corrected chi connectivity index (χ2v) is 7.70. The van der Waals surface area contributed by atoms with E-state index in [0.717, 1.165) is 6.07 Å². The Kier molecular flexibility index (Phi) is 3.61. The van der Waals surface area contributed by atoms with Gasteiger partial charge in [-0.25, -0.2) is 12.8 Å². The lowest BCUT2D eigenvalue weighted by molar-refractivity contribution is 0.103. The predicted molar refractivity (Wildman–Crippen MR) is 88.2 cm³/mol. The van der Waals surface area contributed by atoms with Crippen LogP contribution in [0.25, 0.3) is 6.08 Å². The first-order valence-electron chi connectivity index (χ1n) is 7.62. The van der Waals surface area contributed by atoms with Crippen LogP contribution in [0, 0.1) is 5.82 Å². The van der Waals surface area contributed by atoms with Gasteiger partial charge < -0.3 is 9.47 Å². The number of rotatable bonds is 1. The number of carbonyl (C=O) groups is 1. The topological polar surface area (TPSA) is 69.7 Å². The van der Waals surface area contributed by atoms with Crippen molar-refractivity contribution in [2.24, 2.45) is 0 Å². The number of carbonyl (C=O) groups excluding carboxylic acids is 1. The molecule has 0 spiro atoms. The first-order chi connectivity index (χ1) is 12.0. The summed E-state index contributed by atoms with van der Waals surface area (Å²) >= 11 is 0. The molecule has 0 atom stereocenters. The summed E-state index contributed by atoms with van der Waals surface area (Å²) in [6.07, 6.45) is 1.49. The molecule has 0 amide bonds. The number of fused-ring (bicyclic) bond motifs is 2. The van der Waals surface area contributed by atoms with Gasteiger partial charge in [0.25, 0.3) is 0 Å². The van der Waals surface area contributed by atoms with Crippen molar-refractivity contribution in [3.8, 4) is 11.5 Å². The Morgan fingerprint density at radius 2 is 1.80 bits per heavy atom. The van der Waals surface area contributed by atoms with E-state index in [-0.39, 0.29) is 11.1 Å². The molecule has 0 saturated carbocycles. The van der Waals surface area contributed by atoms with Gasteiger partial charge in [0.1, 0.15) is 23.9 Å². The highest BCUT2D eigenvalue weighted by Crippen LogP contribution is 2.34. The quantitative estimate of drug-likeness (QED) is 0.732. The Morgan fingerprint density at radius 3 is 2.60 bits per heavy atom. The van der Waals surface area contributed by atoms with E-state index in [1.807, 2.05) is 0 Å². The molecule has 2 heterocycles. The fourth-order valence-corrected chi connectivity index (χ4v) is 4.61. The van der Waals surface area contributed by atoms with Crippen molar-refractivity contribution < 1.29 is 27.1 Å². The summed E-state index contributed by atoms with van der Waals surface area (Å²) in [5, 5.41) is 0. The Morgan fingerprint density at radius 1 is 1.04 bits per heavy atom. The van der Waals surface area contributed by atoms with E-state index < -0.39 is 32.1 Å². The minimum Gasteiger partial charge on any atom is -0.486 e. The Hall–Kier alpha value is -2.67. The van der Waals surface area contributed by atoms with Crippen LogP contribution in [0.4, 0.5) is 4.39 Å². The molecule has 0 aliphatic carbocycles. The monoisotopic (exact) mass is 360 g/mol. The largest absolute Gasteiger partial charge is 0.486 e.